The predicted molar refractivity (Wildman–Crippen MR) is 76.7 cm³/mol. The maximum Gasteiger partial charge on any atom is 0.137 e. The van der Waals surface area contributed by atoms with Gasteiger partial charge in [-0.15, -0.1) is 0 Å². The third-order valence-corrected chi connectivity index (χ3v) is 3.21. The van der Waals surface area contributed by atoms with Gasteiger partial charge in [0.1, 0.15) is 18.0 Å². The number of imidazole rings is 2. The van der Waals surface area contributed by atoms with E-state index in [1.54, 1.807) is 12.5 Å². The third-order valence-electron chi connectivity index (χ3n) is 3.21. The summed E-state index contributed by atoms with van der Waals surface area (Å²) in [5.74, 6) is 2.01. The molecule has 0 unspecified atom stereocenters. The van der Waals surface area contributed by atoms with Gasteiger partial charge in [0.2, 0.25) is 0 Å². The SMILES string of the molecule is CCCc1nccn1Cc1ccc(-n2ccnc2)nc1. The number of aryl methyl sites for hydroxylation is 1. The largest absolute Gasteiger partial charge is 0.330 e. The van der Waals surface area contributed by atoms with Gasteiger partial charge in [-0.05, 0) is 18.1 Å². The molecule has 5 heteroatoms. The van der Waals surface area contributed by atoms with E-state index in [-0.39, 0.29) is 0 Å². The first-order valence-electron chi connectivity index (χ1n) is 6.80. The lowest BCUT2D eigenvalue weighted by molar-refractivity contribution is 0.703. The highest BCUT2D eigenvalue weighted by Crippen LogP contribution is 2.09. The van der Waals surface area contributed by atoms with Crippen LogP contribution in [0.15, 0.2) is 49.4 Å². The molecule has 0 aliphatic heterocycles. The maximum atomic E-state index is 4.47. The summed E-state index contributed by atoms with van der Waals surface area (Å²) in [5.41, 5.74) is 1.17. The van der Waals surface area contributed by atoms with Gasteiger partial charge in [0.25, 0.3) is 0 Å². The Labute approximate surface area is 118 Å². The van der Waals surface area contributed by atoms with E-state index in [1.165, 1.54) is 5.56 Å². The number of hydrogen-bond acceptors (Lipinski definition) is 3. The van der Waals surface area contributed by atoms with Crippen LogP contribution in [0.1, 0.15) is 24.7 Å². The molecular weight excluding hydrogens is 250 g/mol. The van der Waals surface area contributed by atoms with Gasteiger partial charge in [-0.2, -0.15) is 0 Å². The number of hydrogen-bond donors (Lipinski definition) is 0. The van der Waals surface area contributed by atoms with E-state index in [0.717, 1.165) is 31.0 Å². The van der Waals surface area contributed by atoms with Crippen molar-refractivity contribution in [1.82, 2.24) is 24.1 Å². The smallest absolute Gasteiger partial charge is 0.137 e. The second kappa shape index (κ2) is 5.69. The van der Waals surface area contributed by atoms with Crippen LogP contribution in [0.4, 0.5) is 0 Å². The number of pyridine rings is 1. The normalized spacial score (nSPS) is 10.8. The molecule has 3 rings (SSSR count). The molecule has 0 amide bonds. The minimum atomic E-state index is 0.812. The van der Waals surface area contributed by atoms with Crippen LogP contribution >= 0.6 is 0 Å². The summed E-state index contributed by atoms with van der Waals surface area (Å²) < 4.78 is 4.07. The van der Waals surface area contributed by atoms with Crippen LogP contribution in [0.2, 0.25) is 0 Å². The van der Waals surface area contributed by atoms with Crippen molar-refractivity contribution >= 4 is 0 Å². The summed E-state index contributed by atoms with van der Waals surface area (Å²) >= 11 is 0. The minimum Gasteiger partial charge on any atom is -0.330 e. The fraction of sp³-hybridized carbons (Fsp3) is 0.267. The molecule has 0 N–H and O–H groups in total. The molecular formula is C15H17N5. The summed E-state index contributed by atoms with van der Waals surface area (Å²) in [4.78, 5) is 12.9. The van der Waals surface area contributed by atoms with Gasteiger partial charge in [0, 0.05) is 37.4 Å². The molecule has 0 aliphatic rings. The van der Waals surface area contributed by atoms with Crippen molar-refractivity contribution in [1.29, 1.82) is 0 Å². The minimum absolute atomic E-state index is 0.812. The van der Waals surface area contributed by atoms with Gasteiger partial charge < -0.3 is 4.57 Å². The first-order valence-corrected chi connectivity index (χ1v) is 6.80. The van der Waals surface area contributed by atoms with Gasteiger partial charge in [-0.25, -0.2) is 15.0 Å². The monoisotopic (exact) mass is 267 g/mol. The van der Waals surface area contributed by atoms with Gasteiger partial charge in [0.15, 0.2) is 0 Å². The summed E-state index contributed by atoms with van der Waals surface area (Å²) in [7, 11) is 0. The van der Waals surface area contributed by atoms with E-state index >= 15 is 0 Å². The Balaban J connectivity index is 1.76. The van der Waals surface area contributed by atoms with Crippen molar-refractivity contribution in [2.24, 2.45) is 0 Å². The Kier molecular flexibility index (Phi) is 3.58. The van der Waals surface area contributed by atoms with Gasteiger partial charge >= 0.3 is 0 Å². The van der Waals surface area contributed by atoms with E-state index in [1.807, 2.05) is 35.4 Å². The van der Waals surface area contributed by atoms with E-state index < -0.39 is 0 Å². The van der Waals surface area contributed by atoms with E-state index in [4.69, 9.17) is 0 Å². The first kappa shape index (κ1) is 12.6. The predicted octanol–water partition coefficient (Wildman–Crippen LogP) is 2.46. The van der Waals surface area contributed by atoms with Crippen molar-refractivity contribution in [2.75, 3.05) is 0 Å². The Morgan fingerprint density at radius 2 is 2.05 bits per heavy atom. The molecule has 3 aromatic rings. The highest BCUT2D eigenvalue weighted by Gasteiger charge is 2.03. The van der Waals surface area contributed by atoms with Gasteiger partial charge in [0.05, 0.1) is 6.54 Å². The zero-order valence-corrected chi connectivity index (χ0v) is 11.5. The summed E-state index contributed by atoms with van der Waals surface area (Å²) in [6.07, 6.45) is 13.3. The molecule has 0 radical (unpaired) electrons. The van der Waals surface area contributed by atoms with Crippen molar-refractivity contribution in [2.45, 2.75) is 26.3 Å². The van der Waals surface area contributed by atoms with Crippen LogP contribution in [0.25, 0.3) is 5.82 Å². The van der Waals surface area contributed by atoms with Crippen LogP contribution in [-0.4, -0.2) is 24.1 Å². The Hall–Kier alpha value is -2.43. The average molecular weight is 267 g/mol. The highest BCUT2D eigenvalue weighted by molar-refractivity contribution is 5.25. The van der Waals surface area contributed by atoms with Gasteiger partial charge in [-0.3, -0.25) is 4.57 Å². The fourth-order valence-corrected chi connectivity index (χ4v) is 2.19. The molecule has 0 saturated carbocycles. The van der Waals surface area contributed by atoms with Crippen LogP contribution in [-0.2, 0) is 13.0 Å². The molecule has 0 aliphatic carbocycles. The molecule has 0 aromatic carbocycles. The maximum absolute atomic E-state index is 4.47. The lowest BCUT2D eigenvalue weighted by Gasteiger charge is -2.08. The lowest BCUT2D eigenvalue weighted by Crippen LogP contribution is -2.05. The third kappa shape index (κ3) is 2.61. The van der Waals surface area contributed by atoms with Crippen molar-refractivity contribution < 1.29 is 0 Å². The first-order chi connectivity index (χ1) is 9.86. The van der Waals surface area contributed by atoms with Crippen LogP contribution in [0, 0.1) is 0 Å². The van der Waals surface area contributed by atoms with Crippen molar-refractivity contribution in [3.05, 3.63) is 60.8 Å². The number of nitrogens with zero attached hydrogens (tertiary/aromatic N) is 5. The van der Waals surface area contributed by atoms with E-state index in [9.17, 15) is 0 Å². The molecule has 0 spiro atoms. The zero-order valence-electron chi connectivity index (χ0n) is 11.5. The standard InChI is InChI=1S/C15H17N5/c1-2-3-14-17-7-9-19(14)11-13-4-5-15(18-10-13)20-8-6-16-12-20/h4-10,12H,2-3,11H2,1H3. The molecule has 3 heterocycles. The van der Waals surface area contributed by atoms with Crippen LogP contribution in [0.5, 0.6) is 0 Å². The molecule has 3 aromatic heterocycles. The van der Waals surface area contributed by atoms with E-state index in [2.05, 4.69) is 32.5 Å². The molecule has 5 nitrogen and oxygen atoms in total. The Bertz CT molecular complexity index is 652. The topological polar surface area (TPSA) is 48.5 Å². The molecule has 0 atom stereocenters. The zero-order chi connectivity index (χ0) is 13.8. The Morgan fingerprint density at radius 1 is 1.10 bits per heavy atom. The summed E-state index contributed by atoms with van der Waals surface area (Å²) in [6.45, 7) is 2.98. The van der Waals surface area contributed by atoms with Gasteiger partial charge in [-0.1, -0.05) is 13.0 Å². The molecule has 0 fully saturated rings. The molecule has 0 saturated heterocycles. The molecule has 20 heavy (non-hydrogen) atoms. The molecule has 102 valence electrons. The summed E-state index contributed by atoms with van der Waals surface area (Å²) in [5, 5.41) is 0. The van der Waals surface area contributed by atoms with Crippen LogP contribution in [0.3, 0.4) is 0 Å². The molecule has 0 bridgehead atoms. The van der Waals surface area contributed by atoms with Crippen molar-refractivity contribution in [3.63, 3.8) is 0 Å². The van der Waals surface area contributed by atoms with Crippen molar-refractivity contribution in [3.8, 4) is 5.82 Å². The highest BCUT2D eigenvalue weighted by atomic mass is 15.1. The fourth-order valence-electron chi connectivity index (χ4n) is 2.19. The summed E-state index contributed by atoms with van der Waals surface area (Å²) in [6, 6.07) is 4.10. The second-order valence-electron chi connectivity index (χ2n) is 4.72. The average Bonchev–Trinajstić information content (AvgIpc) is 3.13. The second-order valence-corrected chi connectivity index (χ2v) is 4.72. The van der Waals surface area contributed by atoms with Crippen LogP contribution < -0.4 is 0 Å². The number of aromatic nitrogens is 5. The lowest BCUT2D eigenvalue weighted by atomic mass is 10.2. The quantitative estimate of drug-likeness (QED) is 0.713. The number of rotatable bonds is 5. The van der Waals surface area contributed by atoms with E-state index in [0.29, 0.717) is 0 Å². The Morgan fingerprint density at radius 3 is 2.75 bits per heavy atom.